The molecule has 0 aliphatic heterocycles. The minimum absolute atomic E-state index is 0.00869. The molecule has 3 rings (SSSR count). The first-order valence-corrected chi connectivity index (χ1v) is 12.5. The fraction of sp³-hybridized carbons (Fsp3) is 0.120. The largest absolute Gasteiger partial charge is 0.453 e. The first-order chi connectivity index (χ1) is 17.7. The minimum Gasteiger partial charge on any atom is -0.453 e. The van der Waals surface area contributed by atoms with Gasteiger partial charge >= 0.3 is 12.1 Å². The molecule has 0 unspecified atom stereocenters. The third-order valence-electron chi connectivity index (χ3n) is 5.00. The predicted molar refractivity (Wildman–Crippen MR) is 138 cm³/mol. The van der Waals surface area contributed by atoms with Crippen LogP contribution in [0.25, 0.3) is 0 Å². The fourth-order valence-corrected chi connectivity index (χ4v) is 4.52. The number of rotatable bonds is 6. The van der Waals surface area contributed by atoms with E-state index in [2.05, 4.69) is 20.4 Å². The second kappa shape index (κ2) is 11.8. The van der Waals surface area contributed by atoms with E-state index in [4.69, 9.17) is 5.73 Å². The maximum Gasteiger partial charge on any atom is 0.413 e. The maximum absolute atomic E-state index is 13.3. The molecule has 0 spiro atoms. The Balaban J connectivity index is 2.26. The van der Waals surface area contributed by atoms with Gasteiger partial charge < -0.3 is 10.5 Å². The predicted octanol–water partition coefficient (Wildman–Crippen LogP) is 3.61. The number of ether oxygens (including phenoxy) is 1. The highest BCUT2D eigenvalue weighted by molar-refractivity contribution is 7.91. The van der Waals surface area contributed by atoms with Gasteiger partial charge in [-0.15, -0.1) is 0 Å². The summed E-state index contributed by atoms with van der Waals surface area (Å²) in [5, 5.41) is 4.72. The lowest BCUT2D eigenvalue weighted by Crippen LogP contribution is -2.43. The van der Waals surface area contributed by atoms with Crippen LogP contribution in [0.15, 0.2) is 93.6 Å². The average molecular weight is 524 g/mol. The zero-order valence-corrected chi connectivity index (χ0v) is 20.9. The molecule has 192 valence electrons. The molecule has 0 aliphatic rings. The molecule has 0 fully saturated rings. The van der Waals surface area contributed by atoms with E-state index in [-0.39, 0.29) is 33.5 Å². The number of amides is 4. The number of nitrogens with two attached hydrogens (primary N) is 1. The zero-order chi connectivity index (χ0) is 27.0. The Morgan fingerprint density at radius 2 is 1.54 bits per heavy atom. The van der Waals surface area contributed by atoms with Crippen molar-refractivity contribution in [1.82, 2.24) is 10.6 Å². The minimum atomic E-state index is -3.98. The molecular weight excluding hydrogens is 498 g/mol. The lowest BCUT2D eigenvalue weighted by Gasteiger charge is -2.23. The molecule has 0 saturated heterocycles. The number of nitrogens with zero attached hydrogens (tertiary/aromatic N) is 2. The average Bonchev–Trinajstić information content (AvgIpc) is 2.90. The molecule has 12 heteroatoms. The van der Waals surface area contributed by atoms with Crippen LogP contribution in [0.4, 0.5) is 26.7 Å². The van der Waals surface area contributed by atoms with Crippen molar-refractivity contribution >= 4 is 50.9 Å². The van der Waals surface area contributed by atoms with Gasteiger partial charge in [0.15, 0.2) is 0 Å². The van der Waals surface area contributed by atoms with Crippen LogP contribution in [0.1, 0.15) is 13.3 Å². The summed E-state index contributed by atoms with van der Waals surface area (Å²) in [4.78, 5) is 41.8. The monoisotopic (exact) mass is 523 g/mol. The first kappa shape index (κ1) is 26.9. The summed E-state index contributed by atoms with van der Waals surface area (Å²) >= 11 is 0. The fourth-order valence-electron chi connectivity index (χ4n) is 3.22. The standard InChI is InChI=1S/C25H25N5O6S/c1-3-22(31)28-24(29-25(33)36-2)27-20-15-14-19(37(34,35)18-12-8-5-9-13-18)16-21(20)30(23(26)32)17-10-6-4-7-11-17/h4-16H,3H2,1-2H3,(H2,26,32)(H2,27,28,29,31,33). The van der Waals surface area contributed by atoms with E-state index in [0.29, 0.717) is 5.69 Å². The van der Waals surface area contributed by atoms with E-state index in [9.17, 15) is 22.8 Å². The summed E-state index contributed by atoms with van der Waals surface area (Å²) in [6.07, 6.45) is -0.824. The van der Waals surface area contributed by atoms with Crippen LogP contribution in [0.2, 0.25) is 0 Å². The summed E-state index contributed by atoms with van der Waals surface area (Å²) < 4.78 is 31.2. The summed E-state index contributed by atoms with van der Waals surface area (Å²) in [5.74, 6) is -0.758. The number of hydrogen-bond acceptors (Lipinski definition) is 7. The maximum atomic E-state index is 13.3. The second-order valence-electron chi connectivity index (χ2n) is 7.45. The molecule has 3 aromatic rings. The third-order valence-corrected chi connectivity index (χ3v) is 6.77. The van der Waals surface area contributed by atoms with Crippen molar-refractivity contribution in [1.29, 1.82) is 0 Å². The highest BCUT2D eigenvalue weighted by atomic mass is 32.2. The molecule has 0 heterocycles. The highest BCUT2D eigenvalue weighted by Gasteiger charge is 2.24. The summed E-state index contributed by atoms with van der Waals surface area (Å²) in [7, 11) is -2.85. The lowest BCUT2D eigenvalue weighted by atomic mass is 10.2. The van der Waals surface area contributed by atoms with E-state index in [1.54, 1.807) is 55.5 Å². The highest BCUT2D eigenvalue weighted by Crippen LogP contribution is 2.37. The molecule has 0 radical (unpaired) electrons. The van der Waals surface area contributed by atoms with Crippen LogP contribution in [0.3, 0.4) is 0 Å². The number of sulfone groups is 1. The Morgan fingerprint density at radius 3 is 2.11 bits per heavy atom. The van der Waals surface area contributed by atoms with Gasteiger partial charge in [0.2, 0.25) is 21.7 Å². The quantitative estimate of drug-likeness (QED) is 0.330. The molecule has 0 aromatic heterocycles. The summed E-state index contributed by atoms with van der Waals surface area (Å²) in [5.41, 5.74) is 6.06. The van der Waals surface area contributed by atoms with Crippen LogP contribution < -0.4 is 21.3 Å². The van der Waals surface area contributed by atoms with E-state index >= 15 is 0 Å². The molecule has 37 heavy (non-hydrogen) atoms. The van der Waals surface area contributed by atoms with Gasteiger partial charge in [-0.1, -0.05) is 43.3 Å². The second-order valence-corrected chi connectivity index (χ2v) is 9.40. The number of alkyl carbamates (subject to hydrolysis) is 1. The SMILES string of the molecule is CCC(=O)NC(=Nc1ccc(S(=O)(=O)c2ccccc2)cc1N(C(N)=O)c1ccccc1)NC(=O)OC. The van der Waals surface area contributed by atoms with Crippen molar-refractivity contribution in [2.75, 3.05) is 12.0 Å². The molecular formula is C25H25N5O6S. The van der Waals surface area contributed by atoms with Crippen molar-refractivity contribution in [3.63, 3.8) is 0 Å². The lowest BCUT2D eigenvalue weighted by molar-refractivity contribution is -0.119. The Bertz CT molecular complexity index is 1410. The Hall–Kier alpha value is -4.71. The van der Waals surface area contributed by atoms with E-state index < -0.39 is 27.9 Å². The summed E-state index contributed by atoms with van der Waals surface area (Å²) in [6, 6.07) is 19.0. The number of anilines is 2. The number of primary amides is 1. The van der Waals surface area contributed by atoms with Crippen molar-refractivity contribution in [3.8, 4) is 0 Å². The van der Waals surface area contributed by atoms with E-state index in [1.807, 2.05) is 0 Å². The first-order valence-electron chi connectivity index (χ1n) is 11.0. The van der Waals surface area contributed by atoms with Crippen LogP contribution >= 0.6 is 0 Å². The zero-order valence-electron chi connectivity index (χ0n) is 20.0. The number of para-hydroxylation sites is 1. The normalized spacial score (nSPS) is 11.4. The Kier molecular flexibility index (Phi) is 8.59. The van der Waals surface area contributed by atoms with Crippen LogP contribution in [-0.2, 0) is 19.4 Å². The van der Waals surface area contributed by atoms with Crippen LogP contribution in [-0.4, -0.2) is 39.5 Å². The van der Waals surface area contributed by atoms with E-state index in [0.717, 1.165) is 12.0 Å². The van der Waals surface area contributed by atoms with Crippen molar-refractivity contribution in [2.45, 2.75) is 23.1 Å². The van der Waals surface area contributed by atoms with E-state index in [1.165, 1.54) is 30.3 Å². The topological polar surface area (TPSA) is 160 Å². The van der Waals surface area contributed by atoms with Gasteiger partial charge in [0, 0.05) is 6.42 Å². The molecule has 3 aromatic carbocycles. The molecule has 4 amide bonds. The van der Waals surface area contributed by atoms with Gasteiger partial charge in [-0.3, -0.25) is 20.3 Å². The number of carbonyl (C=O) groups excluding carboxylic acids is 3. The molecule has 11 nitrogen and oxygen atoms in total. The number of guanidine groups is 1. The van der Waals surface area contributed by atoms with Gasteiger partial charge in [0.25, 0.3) is 0 Å². The Labute approximate surface area is 213 Å². The third kappa shape index (κ3) is 6.49. The van der Waals surface area contributed by atoms with Crippen LogP contribution in [0.5, 0.6) is 0 Å². The summed E-state index contributed by atoms with van der Waals surface area (Å²) in [6.45, 7) is 1.60. The number of carbonyl (C=O) groups is 3. The Morgan fingerprint density at radius 1 is 0.919 bits per heavy atom. The van der Waals surface area contributed by atoms with Gasteiger partial charge in [-0.25, -0.2) is 23.0 Å². The molecule has 0 atom stereocenters. The number of urea groups is 1. The molecule has 0 aliphatic carbocycles. The van der Waals surface area contributed by atoms with Crippen molar-refractivity contribution < 1.29 is 27.5 Å². The van der Waals surface area contributed by atoms with Gasteiger partial charge in [0.05, 0.1) is 34.0 Å². The number of benzene rings is 3. The van der Waals surface area contributed by atoms with Crippen molar-refractivity contribution in [2.24, 2.45) is 10.7 Å². The number of hydrogen-bond donors (Lipinski definition) is 3. The van der Waals surface area contributed by atoms with Crippen LogP contribution in [0, 0.1) is 0 Å². The van der Waals surface area contributed by atoms with Gasteiger partial charge in [-0.2, -0.15) is 0 Å². The number of aliphatic imine (C=N–C) groups is 1. The van der Waals surface area contributed by atoms with Gasteiger partial charge in [-0.05, 0) is 42.5 Å². The smallest absolute Gasteiger partial charge is 0.413 e. The molecule has 4 N–H and O–H groups in total. The number of methoxy groups -OCH3 is 1. The molecule has 0 saturated carbocycles. The van der Waals surface area contributed by atoms with Gasteiger partial charge in [0.1, 0.15) is 0 Å². The van der Waals surface area contributed by atoms with Crippen molar-refractivity contribution in [3.05, 3.63) is 78.9 Å². The molecule has 0 bridgehead atoms. The number of nitrogens with one attached hydrogen (secondary N) is 2.